The minimum atomic E-state index is -0.785. The highest BCUT2D eigenvalue weighted by Gasteiger charge is 2.67. The maximum Gasteiger partial charge on any atom is 0.235 e. The number of rotatable bonds is 5. The first-order chi connectivity index (χ1) is 14.0. The fourth-order valence-electron chi connectivity index (χ4n) is 4.56. The number of nitrogens with one attached hydrogen (secondary N) is 1. The molecule has 1 spiro atoms. The van der Waals surface area contributed by atoms with Crippen molar-refractivity contribution in [2.75, 3.05) is 18.6 Å². The predicted molar refractivity (Wildman–Crippen MR) is 102 cm³/mol. The van der Waals surface area contributed by atoms with Gasteiger partial charge in [-0.1, -0.05) is 29.4 Å². The van der Waals surface area contributed by atoms with Crippen LogP contribution in [0.4, 0.5) is 5.82 Å². The molecule has 1 N–H and O–H groups in total. The molecular formula is C21H21N3O5. The van der Waals surface area contributed by atoms with Crippen molar-refractivity contribution in [3.05, 3.63) is 53.8 Å². The average Bonchev–Trinajstić information content (AvgIpc) is 3.47. The Hall–Kier alpha value is -3.13. The maximum atomic E-state index is 13.2. The molecule has 29 heavy (non-hydrogen) atoms. The number of aromatic nitrogens is 1. The molecule has 3 aliphatic rings. The quantitative estimate of drug-likeness (QED) is 0.773. The second-order valence-corrected chi connectivity index (χ2v) is 7.69. The van der Waals surface area contributed by atoms with Crippen LogP contribution >= 0.6 is 0 Å². The van der Waals surface area contributed by atoms with Gasteiger partial charge in [0.1, 0.15) is 17.1 Å². The van der Waals surface area contributed by atoms with Crippen molar-refractivity contribution < 1.29 is 23.6 Å². The molecule has 0 saturated carbocycles. The van der Waals surface area contributed by atoms with Gasteiger partial charge in [0.25, 0.3) is 0 Å². The van der Waals surface area contributed by atoms with Crippen LogP contribution in [0.5, 0.6) is 5.75 Å². The van der Waals surface area contributed by atoms with Crippen LogP contribution in [0.2, 0.25) is 0 Å². The van der Waals surface area contributed by atoms with Crippen LogP contribution in [0.3, 0.4) is 0 Å². The Labute approximate surface area is 167 Å². The van der Waals surface area contributed by atoms with Gasteiger partial charge in [-0.25, -0.2) is 0 Å². The van der Waals surface area contributed by atoms with E-state index < -0.39 is 23.5 Å². The van der Waals surface area contributed by atoms with E-state index in [1.54, 1.807) is 25.0 Å². The lowest BCUT2D eigenvalue weighted by Gasteiger charge is -2.23. The predicted octanol–water partition coefficient (Wildman–Crippen LogP) is 1.59. The molecule has 0 unspecified atom stereocenters. The Morgan fingerprint density at radius 2 is 2.28 bits per heavy atom. The van der Waals surface area contributed by atoms with Gasteiger partial charge in [-0.3, -0.25) is 14.5 Å². The topological polar surface area (TPSA) is 93.9 Å². The molecule has 8 heteroatoms. The molecule has 0 aliphatic carbocycles. The third-order valence-electron chi connectivity index (χ3n) is 5.90. The van der Waals surface area contributed by atoms with Crippen LogP contribution in [-0.4, -0.2) is 42.3 Å². The summed E-state index contributed by atoms with van der Waals surface area (Å²) in [6.07, 6.45) is 3.41. The summed E-state index contributed by atoms with van der Waals surface area (Å²) in [5, 5.41) is 6.91. The lowest BCUT2D eigenvalue weighted by molar-refractivity contribution is -0.132. The van der Waals surface area contributed by atoms with Crippen molar-refractivity contribution in [1.82, 2.24) is 10.5 Å². The Morgan fingerprint density at radius 3 is 3.03 bits per heavy atom. The van der Waals surface area contributed by atoms with E-state index in [0.717, 1.165) is 11.3 Å². The summed E-state index contributed by atoms with van der Waals surface area (Å²) in [5.74, 6) is 0.303. The van der Waals surface area contributed by atoms with Gasteiger partial charge >= 0.3 is 0 Å². The number of hydrogen-bond acceptors (Lipinski definition) is 6. The van der Waals surface area contributed by atoms with Crippen molar-refractivity contribution in [1.29, 1.82) is 0 Å². The summed E-state index contributed by atoms with van der Waals surface area (Å²) in [5.41, 5.74) is 0.136. The van der Waals surface area contributed by atoms with E-state index >= 15 is 0 Å². The van der Waals surface area contributed by atoms with Gasteiger partial charge in [-0.2, -0.15) is 0 Å². The fraction of sp³-hybridized carbons (Fsp3) is 0.381. The molecule has 4 atom stereocenters. The van der Waals surface area contributed by atoms with Crippen LogP contribution in [-0.2, 0) is 20.9 Å². The fourth-order valence-corrected chi connectivity index (χ4v) is 4.56. The van der Waals surface area contributed by atoms with Gasteiger partial charge in [0.15, 0.2) is 5.82 Å². The number of amides is 2. The highest BCUT2D eigenvalue weighted by atomic mass is 16.5. The van der Waals surface area contributed by atoms with Gasteiger partial charge < -0.3 is 19.3 Å². The molecule has 2 amide bonds. The number of benzene rings is 1. The molecule has 3 aliphatic heterocycles. The maximum absolute atomic E-state index is 13.2. The van der Waals surface area contributed by atoms with E-state index in [-0.39, 0.29) is 11.8 Å². The number of nitrogens with zero attached hydrogens (tertiary/aromatic N) is 2. The normalized spacial score (nSPS) is 29.4. The molecule has 1 aromatic carbocycles. The molecule has 2 fully saturated rings. The number of ether oxygens (including phenoxy) is 2. The Morgan fingerprint density at radius 1 is 1.41 bits per heavy atom. The van der Waals surface area contributed by atoms with Gasteiger partial charge in [-0.05, 0) is 24.6 Å². The van der Waals surface area contributed by atoms with Crippen LogP contribution in [0, 0.1) is 18.8 Å². The van der Waals surface area contributed by atoms with Crippen molar-refractivity contribution in [2.45, 2.75) is 25.2 Å². The van der Waals surface area contributed by atoms with E-state index in [1.165, 1.54) is 0 Å². The Bertz CT molecular complexity index is 1020. The summed E-state index contributed by atoms with van der Waals surface area (Å²) in [6.45, 7) is 2.45. The number of fused-ring (bicyclic) bond motifs is 1. The third kappa shape index (κ3) is 2.74. The van der Waals surface area contributed by atoms with Gasteiger partial charge in [0.05, 0.1) is 31.6 Å². The molecule has 2 bridgehead atoms. The SMILES string of the molecule is COc1cccc(CNC(=O)[C@H]2[C@H]3C(=O)N(c4cc(C)on4)C[C@]34C=C[C@H]2O4)c1. The van der Waals surface area contributed by atoms with Crippen LogP contribution in [0.1, 0.15) is 11.3 Å². The van der Waals surface area contributed by atoms with Gasteiger partial charge in [0, 0.05) is 12.6 Å². The first-order valence-electron chi connectivity index (χ1n) is 9.53. The second-order valence-electron chi connectivity index (χ2n) is 7.69. The van der Waals surface area contributed by atoms with Crippen molar-refractivity contribution in [3.8, 4) is 5.75 Å². The minimum Gasteiger partial charge on any atom is -0.497 e. The van der Waals surface area contributed by atoms with Crippen molar-refractivity contribution >= 4 is 17.6 Å². The molecule has 1 aromatic heterocycles. The Balaban J connectivity index is 1.35. The summed E-state index contributed by atoms with van der Waals surface area (Å²) < 4.78 is 16.5. The summed E-state index contributed by atoms with van der Waals surface area (Å²) in [7, 11) is 1.60. The zero-order valence-corrected chi connectivity index (χ0v) is 16.1. The van der Waals surface area contributed by atoms with Crippen LogP contribution < -0.4 is 15.0 Å². The lowest BCUT2D eigenvalue weighted by atomic mass is 9.77. The first-order valence-corrected chi connectivity index (χ1v) is 9.53. The second kappa shape index (κ2) is 6.45. The van der Waals surface area contributed by atoms with E-state index in [4.69, 9.17) is 14.0 Å². The molecule has 2 aromatic rings. The molecule has 4 heterocycles. The lowest BCUT2D eigenvalue weighted by Crippen LogP contribution is -2.44. The molecule has 150 valence electrons. The summed E-state index contributed by atoms with van der Waals surface area (Å²) in [6, 6.07) is 9.22. The molecule has 2 saturated heterocycles. The molecule has 8 nitrogen and oxygen atoms in total. The average molecular weight is 395 g/mol. The van der Waals surface area contributed by atoms with E-state index in [2.05, 4.69) is 10.5 Å². The number of hydrogen-bond donors (Lipinski definition) is 1. The number of methoxy groups -OCH3 is 1. The standard InChI is InChI=1S/C21H21N3O5/c1-12-8-16(23-29-12)24-11-21-7-6-15(28-21)17(18(21)20(24)26)19(25)22-10-13-4-3-5-14(9-13)27-2/h3-9,15,17-18H,10-11H2,1-2H3,(H,22,25)/t15-,17-,18+,21-/m1/s1. The molecular weight excluding hydrogens is 374 g/mol. The Kier molecular flexibility index (Phi) is 3.99. The van der Waals surface area contributed by atoms with Crippen LogP contribution in [0.25, 0.3) is 0 Å². The first kappa shape index (κ1) is 17.9. The van der Waals surface area contributed by atoms with Crippen molar-refractivity contribution in [3.63, 3.8) is 0 Å². The monoisotopic (exact) mass is 395 g/mol. The van der Waals surface area contributed by atoms with E-state index in [1.807, 2.05) is 36.4 Å². The number of anilines is 1. The highest BCUT2D eigenvalue weighted by molar-refractivity contribution is 6.02. The van der Waals surface area contributed by atoms with E-state index in [9.17, 15) is 9.59 Å². The zero-order chi connectivity index (χ0) is 20.2. The molecule has 5 rings (SSSR count). The van der Waals surface area contributed by atoms with Crippen molar-refractivity contribution in [2.24, 2.45) is 11.8 Å². The zero-order valence-electron chi connectivity index (χ0n) is 16.1. The smallest absolute Gasteiger partial charge is 0.235 e. The van der Waals surface area contributed by atoms with E-state index in [0.29, 0.717) is 24.7 Å². The minimum absolute atomic E-state index is 0.160. The highest BCUT2D eigenvalue weighted by Crippen LogP contribution is 2.52. The van der Waals surface area contributed by atoms with Crippen LogP contribution in [0.15, 0.2) is 47.0 Å². The largest absolute Gasteiger partial charge is 0.497 e. The van der Waals surface area contributed by atoms with Gasteiger partial charge in [-0.15, -0.1) is 0 Å². The number of carbonyl (C=O) groups is 2. The number of aryl methyl sites for hydroxylation is 1. The third-order valence-corrected chi connectivity index (χ3v) is 5.90. The summed E-state index contributed by atoms with van der Waals surface area (Å²) in [4.78, 5) is 27.8. The van der Waals surface area contributed by atoms with Gasteiger partial charge in [0.2, 0.25) is 11.8 Å². The number of carbonyl (C=O) groups excluding carboxylic acids is 2. The summed E-state index contributed by atoms with van der Waals surface area (Å²) >= 11 is 0. The molecule has 0 radical (unpaired) electrons.